The van der Waals surface area contributed by atoms with Crippen LogP contribution in [0.15, 0.2) is 18.2 Å². The second-order valence-corrected chi connectivity index (χ2v) is 6.04. The van der Waals surface area contributed by atoms with Crippen molar-refractivity contribution in [2.45, 2.75) is 46.6 Å². The number of carbonyl (C=O) groups is 1. The molecule has 20 heavy (non-hydrogen) atoms. The Morgan fingerprint density at radius 2 is 1.95 bits per heavy atom. The number of carbonyl (C=O) groups excluding carboxylic acids is 1. The van der Waals surface area contributed by atoms with Crippen molar-refractivity contribution in [3.63, 3.8) is 0 Å². The molecule has 0 aliphatic carbocycles. The number of aryl methyl sites for hydroxylation is 1. The molecule has 0 aliphatic heterocycles. The molecule has 3 nitrogen and oxygen atoms in total. The van der Waals surface area contributed by atoms with Gasteiger partial charge >= 0.3 is 0 Å². The predicted octanol–water partition coefficient (Wildman–Crippen LogP) is 3.78. The van der Waals surface area contributed by atoms with Gasteiger partial charge in [0.2, 0.25) is 0 Å². The van der Waals surface area contributed by atoms with Crippen LogP contribution in [-0.2, 0) is 0 Å². The van der Waals surface area contributed by atoms with Gasteiger partial charge < -0.3 is 10.3 Å². The van der Waals surface area contributed by atoms with Crippen LogP contribution >= 0.6 is 0 Å². The molecule has 0 unspecified atom stereocenters. The van der Waals surface area contributed by atoms with E-state index in [4.69, 9.17) is 0 Å². The van der Waals surface area contributed by atoms with E-state index in [1.54, 1.807) is 0 Å². The second-order valence-electron chi connectivity index (χ2n) is 6.04. The smallest absolute Gasteiger partial charge is 0.179 e. The van der Waals surface area contributed by atoms with E-state index in [0.717, 1.165) is 22.2 Å². The van der Waals surface area contributed by atoms with Gasteiger partial charge in [0.1, 0.15) is 0 Å². The van der Waals surface area contributed by atoms with Crippen molar-refractivity contribution >= 4 is 16.7 Å². The lowest BCUT2D eigenvalue weighted by Crippen LogP contribution is -2.29. The molecule has 0 saturated heterocycles. The van der Waals surface area contributed by atoms with Crippen molar-refractivity contribution in [3.8, 4) is 0 Å². The Hall–Kier alpha value is -1.61. The Kier molecular flexibility index (Phi) is 4.29. The van der Waals surface area contributed by atoms with Gasteiger partial charge in [0.15, 0.2) is 5.78 Å². The first kappa shape index (κ1) is 14.8. The number of Topliss-reactive ketones (excluding diaryl/α,β-unsaturated/α-hetero) is 1. The number of H-pyrrole nitrogens is 1. The summed E-state index contributed by atoms with van der Waals surface area (Å²) < 4.78 is 0. The number of fused-ring (bicyclic) bond motifs is 1. The summed E-state index contributed by atoms with van der Waals surface area (Å²) in [5, 5.41) is 4.25. The lowest BCUT2D eigenvalue weighted by atomic mass is 9.99. The number of benzene rings is 1. The fraction of sp³-hybridized carbons (Fsp3) is 0.471. The summed E-state index contributed by atoms with van der Waals surface area (Å²) in [5.41, 5.74) is 4.09. The summed E-state index contributed by atoms with van der Waals surface area (Å²) in [6.45, 7) is 10.8. The third-order valence-corrected chi connectivity index (χ3v) is 3.63. The van der Waals surface area contributed by atoms with Crippen LogP contribution in [0, 0.1) is 6.92 Å². The third-order valence-electron chi connectivity index (χ3n) is 3.63. The SMILES string of the molecule is Cc1[nH]c2ccc(C(C)C)cc2c1C(=O)CNC(C)C. The summed E-state index contributed by atoms with van der Waals surface area (Å²) in [4.78, 5) is 15.8. The molecule has 0 atom stereocenters. The average Bonchev–Trinajstić information content (AvgIpc) is 2.70. The lowest BCUT2D eigenvalue weighted by Gasteiger charge is -2.08. The van der Waals surface area contributed by atoms with Gasteiger partial charge in [-0.3, -0.25) is 4.79 Å². The largest absolute Gasteiger partial charge is 0.358 e. The van der Waals surface area contributed by atoms with Gasteiger partial charge in [-0.1, -0.05) is 33.8 Å². The van der Waals surface area contributed by atoms with Crippen molar-refractivity contribution in [2.75, 3.05) is 6.54 Å². The molecular formula is C17H24N2O. The Morgan fingerprint density at radius 1 is 1.25 bits per heavy atom. The first-order chi connectivity index (χ1) is 9.40. The fourth-order valence-electron chi connectivity index (χ4n) is 2.45. The third kappa shape index (κ3) is 2.93. The van der Waals surface area contributed by atoms with Gasteiger partial charge in [-0.05, 0) is 30.5 Å². The van der Waals surface area contributed by atoms with Crippen LogP contribution in [0.25, 0.3) is 10.9 Å². The van der Waals surface area contributed by atoms with Gasteiger partial charge in [0, 0.05) is 28.2 Å². The zero-order chi connectivity index (χ0) is 14.9. The predicted molar refractivity (Wildman–Crippen MR) is 84.6 cm³/mol. The van der Waals surface area contributed by atoms with Crippen LogP contribution in [-0.4, -0.2) is 23.4 Å². The Labute approximate surface area is 120 Å². The van der Waals surface area contributed by atoms with E-state index in [2.05, 4.69) is 42.3 Å². The van der Waals surface area contributed by atoms with Crippen molar-refractivity contribution in [3.05, 3.63) is 35.0 Å². The van der Waals surface area contributed by atoms with E-state index in [0.29, 0.717) is 18.5 Å². The quantitative estimate of drug-likeness (QED) is 0.814. The monoisotopic (exact) mass is 272 g/mol. The second kappa shape index (κ2) is 5.80. The molecule has 0 saturated carbocycles. The van der Waals surface area contributed by atoms with E-state index in [9.17, 15) is 4.79 Å². The van der Waals surface area contributed by atoms with Crippen LogP contribution in [0.2, 0.25) is 0 Å². The first-order valence-corrected chi connectivity index (χ1v) is 7.29. The highest BCUT2D eigenvalue weighted by atomic mass is 16.1. The highest BCUT2D eigenvalue weighted by Crippen LogP contribution is 2.26. The molecule has 2 rings (SSSR count). The van der Waals surface area contributed by atoms with Crippen LogP contribution in [0.3, 0.4) is 0 Å². The Bertz CT molecular complexity index is 623. The fourth-order valence-corrected chi connectivity index (χ4v) is 2.45. The minimum Gasteiger partial charge on any atom is -0.358 e. The summed E-state index contributed by atoms with van der Waals surface area (Å²) in [7, 11) is 0. The summed E-state index contributed by atoms with van der Waals surface area (Å²) in [6, 6.07) is 6.66. The average molecular weight is 272 g/mol. The van der Waals surface area contributed by atoms with Gasteiger partial charge in [-0.15, -0.1) is 0 Å². The molecule has 0 radical (unpaired) electrons. The summed E-state index contributed by atoms with van der Waals surface area (Å²) in [5.74, 6) is 0.620. The molecular weight excluding hydrogens is 248 g/mol. The van der Waals surface area contributed by atoms with Gasteiger partial charge in [-0.2, -0.15) is 0 Å². The van der Waals surface area contributed by atoms with Crippen LogP contribution in [0.5, 0.6) is 0 Å². The van der Waals surface area contributed by atoms with Gasteiger partial charge in [-0.25, -0.2) is 0 Å². The van der Waals surface area contributed by atoms with Gasteiger partial charge in [0.05, 0.1) is 6.54 Å². The summed E-state index contributed by atoms with van der Waals surface area (Å²) in [6.07, 6.45) is 0. The highest BCUT2D eigenvalue weighted by molar-refractivity contribution is 6.10. The van der Waals surface area contributed by atoms with Crippen molar-refractivity contribution < 1.29 is 4.79 Å². The normalized spacial score (nSPS) is 11.8. The number of aromatic nitrogens is 1. The van der Waals surface area contributed by atoms with Gasteiger partial charge in [0.25, 0.3) is 0 Å². The molecule has 108 valence electrons. The maximum absolute atomic E-state index is 12.4. The Balaban J connectivity index is 2.43. The Morgan fingerprint density at radius 3 is 2.55 bits per heavy atom. The lowest BCUT2D eigenvalue weighted by molar-refractivity contribution is 0.0989. The maximum atomic E-state index is 12.4. The highest BCUT2D eigenvalue weighted by Gasteiger charge is 2.16. The molecule has 1 aromatic carbocycles. The number of hydrogen-bond acceptors (Lipinski definition) is 2. The first-order valence-electron chi connectivity index (χ1n) is 7.29. The number of aromatic amines is 1. The van der Waals surface area contributed by atoms with Crippen molar-refractivity contribution in [1.82, 2.24) is 10.3 Å². The minimum absolute atomic E-state index is 0.156. The molecule has 2 aromatic rings. The number of ketones is 1. The van der Waals surface area contributed by atoms with E-state index in [1.165, 1.54) is 5.56 Å². The van der Waals surface area contributed by atoms with E-state index in [1.807, 2.05) is 20.8 Å². The van der Waals surface area contributed by atoms with Crippen molar-refractivity contribution in [2.24, 2.45) is 0 Å². The molecule has 0 amide bonds. The topological polar surface area (TPSA) is 44.9 Å². The van der Waals surface area contributed by atoms with Crippen LogP contribution in [0.1, 0.15) is 55.2 Å². The standard InChI is InChI=1S/C17H24N2O/c1-10(2)13-6-7-15-14(8-13)17(12(5)19-15)16(20)9-18-11(3)4/h6-8,10-11,18-19H,9H2,1-5H3. The molecule has 1 heterocycles. The zero-order valence-electron chi connectivity index (χ0n) is 13.0. The molecule has 0 bridgehead atoms. The van der Waals surface area contributed by atoms with E-state index < -0.39 is 0 Å². The number of hydrogen-bond donors (Lipinski definition) is 2. The molecule has 0 fully saturated rings. The summed E-state index contributed by atoms with van der Waals surface area (Å²) >= 11 is 0. The van der Waals surface area contributed by atoms with E-state index in [-0.39, 0.29) is 5.78 Å². The molecule has 3 heteroatoms. The minimum atomic E-state index is 0.156. The zero-order valence-corrected chi connectivity index (χ0v) is 13.0. The van der Waals surface area contributed by atoms with Crippen molar-refractivity contribution in [1.29, 1.82) is 0 Å². The van der Waals surface area contributed by atoms with Crippen LogP contribution < -0.4 is 5.32 Å². The molecule has 0 aliphatic rings. The molecule has 1 aromatic heterocycles. The number of rotatable bonds is 5. The van der Waals surface area contributed by atoms with E-state index >= 15 is 0 Å². The van der Waals surface area contributed by atoms with Crippen LogP contribution in [0.4, 0.5) is 0 Å². The maximum Gasteiger partial charge on any atom is 0.179 e. The number of nitrogens with one attached hydrogen (secondary N) is 2. The molecule has 0 spiro atoms. The molecule has 2 N–H and O–H groups in total.